The fraction of sp³-hybridized carbons (Fsp3) is 0.429. The highest BCUT2D eigenvalue weighted by Gasteiger charge is 2.19. The van der Waals surface area contributed by atoms with Gasteiger partial charge in [0.1, 0.15) is 0 Å². The Bertz CT molecular complexity index is 884. The summed E-state index contributed by atoms with van der Waals surface area (Å²) in [5.41, 5.74) is 3.76. The highest BCUT2D eigenvalue weighted by Crippen LogP contribution is 2.23. The van der Waals surface area contributed by atoms with Crippen molar-refractivity contribution in [3.8, 4) is 0 Å². The molecule has 1 heterocycles. The summed E-state index contributed by atoms with van der Waals surface area (Å²) in [5, 5.41) is 0. The number of anilines is 2. The van der Waals surface area contributed by atoms with Crippen molar-refractivity contribution in [2.45, 2.75) is 38.6 Å². The van der Waals surface area contributed by atoms with E-state index < -0.39 is 10.0 Å². The molecule has 1 fully saturated rings. The lowest BCUT2D eigenvalue weighted by Gasteiger charge is -2.38. The van der Waals surface area contributed by atoms with Crippen LogP contribution in [-0.2, 0) is 10.0 Å². The number of sulfonamides is 1. The second kappa shape index (κ2) is 7.90. The van der Waals surface area contributed by atoms with Gasteiger partial charge in [-0.05, 0) is 75.2 Å². The van der Waals surface area contributed by atoms with Gasteiger partial charge in [-0.25, -0.2) is 8.42 Å². The van der Waals surface area contributed by atoms with Gasteiger partial charge in [0.25, 0.3) is 10.0 Å². The van der Waals surface area contributed by atoms with Crippen LogP contribution in [0.3, 0.4) is 0 Å². The van der Waals surface area contributed by atoms with Crippen LogP contribution in [0.5, 0.6) is 0 Å². The van der Waals surface area contributed by atoms with Crippen LogP contribution in [0.15, 0.2) is 47.4 Å². The number of piperazine rings is 1. The summed E-state index contributed by atoms with van der Waals surface area (Å²) in [6.45, 7) is 12.4. The monoisotopic (exact) mass is 387 g/mol. The number of hydrogen-bond acceptors (Lipinski definition) is 4. The highest BCUT2D eigenvalue weighted by molar-refractivity contribution is 7.92. The first-order valence-electron chi connectivity index (χ1n) is 9.45. The molecule has 1 aliphatic rings. The smallest absolute Gasteiger partial charge is 0.261 e. The third kappa shape index (κ3) is 4.62. The van der Waals surface area contributed by atoms with Gasteiger partial charge in [-0.2, -0.15) is 0 Å². The minimum Gasteiger partial charge on any atom is -0.369 e. The topological polar surface area (TPSA) is 52.7 Å². The number of benzene rings is 2. The molecule has 3 rings (SSSR count). The quantitative estimate of drug-likeness (QED) is 0.851. The molecule has 0 bridgehead atoms. The fourth-order valence-electron chi connectivity index (χ4n) is 3.33. The standard InChI is InChI=1S/C21H29N3O2S/c1-16(2)23-11-13-24(14-12-23)20-8-6-19(7-9-20)22-27(25,26)21-10-5-17(3)18(4)15-21/h5-10,15-16,22H,11-14H2,1-4H3. The summed E-state index contributed by atoms with van der Waals surface area (Å²) in [6, 6.07) is 13.4. The van der Waals surface area contributed by atoms with Crippen LogP contribution < -0.4 is 9.62 Å². The number of hydrogen-bond donors (Lipinski definition) is 1. The van der Waals surface area contributed by atoms with Gasteiger partial charge >= 0.3 is 0 Å². The normalized spacial score (nSPS) is 16.0. The van der Waals surface area contributed by atoms with Gasteiger partial charge in [-0.1, -0.05) is 6.07 Å². The average Bonchev–Trinajstić information content (AvgIpc) is 2.64. The zero-order valence-electron chi connectivity index (χ0n) is 16.6. The van der Waals surface area contributed by atoms with E-state index in [4.69, 9.17) is 0 Å². The van der Waals surface area contributed by atoms with Crippen LogP contribution in [-0.4, -0.2) is 45.5 Å². The minimum absolute atomic E-state index is 0.291. The van der Waals surface area contributed by atoms with Gasteiger partial charge in [0, 0.05) is 43.6 Å². The van der Waals surface area contributed by atoms with E-state index in [2.05, 4.69) is 28.4 Å². The average molecular weight is 388 g/mol. The molecule has 2 aromatic carbocycles. The lowest BCUT2D eigenvalue weighted by molar-refractivity contribution is 0.209. The molecule has 0 radical (unpaired) electrons. The van der Waals surface area contributed by atoms with Crippen molar-refractivity contribution in [3.05, 3.63) is 53.6 Å². The van der Waals surface area contributed by atoms with Crippen molar-refractivity contribution in [2.24, 2.45) is 0 Å². The predicted molar refractivity (Wildman–Crippen MR) is 112 cm³/mol. The Kier molecular flexibility index (Phi) is 5.77. The van der Waals surface area contributed by atoms with Gasteiger partial charge in [0.2, 0.25) is 0 Å². The molecule has 0 spiro atoms. The first kappa shape index (κ1) is 19.7. The number of aryl methyl sites for hydroxylation is 2. The molecule has 6 heteroatoms. The molecule has 0 unspecified atom stereocenters. The lowest BCUT2D eigenvalue weighted by atomic mass is 10.1. The summed E-state index contributed by atoms with van der Waals surface area (Å²) in [4.78, 5) is 5.11. The Hall–Kier alpha value is -2.05. The predicted octanol–water partition coefficient (Wildman–Crippen LogP) is 3.63. The van der Waals surface area contributed by atoms with E-state index in [1.165, 1.54) is 0 Å². The fourth-order valence-corrected chi connectivity index (χ4v) is 4.48. The van der Waals surface area contributed by atoms with Crippen LogP contribution in [0.25, 0.3) is 0 Å². The van der Waals surface area contributed by atoms with Crippen LogP contribution in [0.1, 0.15) is 25.0 Å². The molecule has 0 amide bonds. The molecule has 0 aliphatic carbocycles. The van der Waals surface area contributed by atoms with Gasteiger partial charge in [0.05, 0.1) is 4.90 Å². The van der Waals surface area contributed by atoms with Crippen molar-refractivity contribution in [3.63, 3.8) is 0 Å². The Balaban J connectivity index is 1.68. The molecule has 0 saturated carbocycles. The molecule has 0 atom stereocenters. The maximum atomic E-state index is 12.6. The van der Waals surface area contributed by atoms with Gasteiger partial charge < -0.3 is 4.90 Å². The molecular formula is C21H29N3O2S. The summed E-state index contributed by atoms with van der Waals surface area (Å²) >= 11 is 0. The summed E-state index contributed by atoms with van der Waals surface area (Å²) in [7, 11) is -3.58. The number of nitrogens with zero attached hydrogens (tertiary/aromatic N) is 2. The van der Waals surface area contributed by atoms with Crippen molar-refractivity contribution >= 4 is 21.4 Å². The zero-order chi connectivity index (χ0) is 19.6. The largest absolute Gasteiger partial charge is 0.369 e. The Morgan fingerprint density at radius 3 is 2.07 bits per heavy atom. The molecule has 27 heavy (non-hydrogen) atoms. The van der Waals surface area contributed by atoms with E-state index in [0.717, 1.165) is 43.0 Å². The van der Waals surface area contributed by atoms with Crippen molar-refractivity contribution < 1.29 is 8.42 Å². The van der Waals surface area contributed by atoms with E-state index >= 15 is 0 Å². The molecule has 2 aromatic rings. The maximum Gasteiger partial charge on any atom is 0.261 e. The molecular weight excluding hydrogens is 358 g/mol. The van der Waals surface area contributed by atoms with E-state index in [0.29, 0.717) is 16.6 Å². The van der Waals surface area contributed by atoms with Crippen LogP contribution in [0, 0.1) is 13.8 Å². The van der Waals surface area contributed by atoms with E-state index in [1.54, 1.807) is 12.1 Å². The van der Waals surface area contributed by atoms with Gasteiger partial charge in [-0.15, -0.1) is 0 Å². The lowest BCUT2D eigenvalue weighted by Crippen LogP contribution is -2.48. The minimum atomic E-state index is -3.58. The van der Waals surface area contributed by atoms with Gasteiger partial charge in [0.15, 0.2) is 0 Å². The third-order valence-electron chi connectivity index (χ3n) is 5.32. The van der Waals surface area contributed by atoms with Crippen LogP contribution in [0.4, 0.5) is 11.4 Å². The molecule has 1 saturated heterocycles. The summed E-state index contributed by atoms with van der Waals surface area (Å²) < 4.78 is 27.9. The second-order valence-corrected chi connectivity index (χ2v) is 9.20. The van der Waals surface area contributed by atoms with Crippen molar-refractivity contribution in [1.82, 2.24) is 4.90 Å². The first-order valence-corrected chi connectivity index (χ1v) is 10.9. The maximum absolute atomic E-state index is 12.6. The number of nitrogens with one attached hydrogen (secondary N) is 1. The molecule has 0 aromatic heterocycles. The van der Waals surface area contributed by atoms with E-state index in [-0.39, 0.29) is 0 Å². The molecule has 1 aliphatic heterocycles. The molecule has 146 valence electrons. The summed E-state index contributed by atoms with van der Waals surface area (Å²) in [5.74, 6) is 0. The molecule has 5 nitrogen and oxygen atoms in total. The Morgan fingerprint density at radius 1 is 0.889 bits per heavy atom. The summed E-state index contributed by atoms with van der Waals surface area (Å²) in [6.07, 6.45) is 0. The van der Waals surface area contributed by atoms with Crippen molar-refractivity contribution in [1.29, 1.82) is 0 Å². The Labute approximate surface area is 163 Å². The third-order valence-corrected chi connectivity index (χ3v) is 6.70. The van der Waals surface area contributed by atoms with Crippen LogP contribution >= 0.6 is 0 Å². The molecule has 1 N–H and O–H groups in total. The van der Waals surface area contributed by atoms with Crippen LogP contribution in [0.2, 0.25) is 0 Å². The van der Waals surface area contributed by atoms with E-state index in [1.807, 2.05) is 44.2 Å². The second-order valence-electron chi connectivity index (χ2n) is 7.52. The number of rotatable bonds is 5. The van der Waals surface area contributed by atoms with Crippen molar-refractivity contribution in [2.75, 3.05) is 35.8 Å². The zero-order valence-corrected chi connectivity index (χ0v) is 17.4. The first-order chi connectivity index (χ1) is 12.8. The van der Waals surface area contributed by atoms with Gasteiger partial charge in [-0.3, -0.25) is 9.62 Å². The highest BCUT2D eigenvalue weighted by atomic mass is 32.2. The Morgan fingerprint density at radius 2 is 1.52 bits per heavy atom. The SMILES string of the molecule is Cc1ccc(S(=O)(=O)Nc2ccc(N3CCN(C(C)C)CC3)cc2)cc1C. The van der Waals surface area contributed by atoms with E-state index in [9.17, 15) is 8.42 Å².